The lowest BCUT2D eigenvalue weighted by atomic mass is 9.97. The average molecular weight is 538 g/mol. The lowest BCUT2D eigenvalue weighted by Gasteiger charge is -2.22. The maximum atomic E-state index is 12.8. The van der Waals surface area contributed by atoms with Crippen molar-refractivity contribution >= 4 is 28.3 Å². The van der Waals surface area contributed by atoms with Crippen molar-refractivity contribution in [2.45, 2.75) is 64.2 Å². The highest BCUT2D eigenvalue weighted by Gasteiger charge is 2.19. The van der Waals surface area contributed by atoms with Crippen molar-refractivity contribution in [1.82, 2.24) is 10.3 Å². The van der Waals surface area contributed by atoms with Crippen LogP contribution < -0.4 is 20.1 Å². The zero-order valence-corrected chi connectivity index (χ0v) is 22.9. The highest BCUT2D eigenvalue weighted by molar-refractivity contribution is 7.19. The summed E-state index contributed by atoms with van der Waals surface area (Å²) in [6.07, 6.45) is 8.20. The Labute approximate surface area is 227 Å². The fourth-order valence-corrected chi connectivity index (χ4v) is 5.39. The Morgan fingerprint density at radius 3 is 2.47 bits per heavy atom. The van der Waals surface area contributed by atoms with E-state index in [2.05, 4.69) is 27.8 Å². The number of nitrogens with one attached hydrogen (secondary N) is 2. The minimum atomic E-state index is -0.737. The normalized spacial score (nSPS) is 14.5. The SMILES string of the molecule is COc1cc(CC(=O)N[C@@H](C)C(=O)Nc2ncc(-c3ccccc3COC3CCCCC3)s2)cc(OC)c1. The number of anilines is 1. The van der Waals surface area contributed by atoms with Crippen LogP contribution >= 0.6 is 11.3 Å². The van der Waals surface area contributed by atoms with Gasteiger partial charge in [-0.1, -0.05) is 54.9 Å². The first-order chi connectivity index (χ1) is 18.4. The molecule has 38 heavy (non-hydrogen) atoms. The third-order valence-corrected chi connectivity index (χ3v) is 7.54. The Kier molecular flexibility index (Phi) is 9.73. The van der Waals surface area contributed by atoms with Crippen molar-refractivity contribution in [3.63, 3.8) is 0 Å². The van der Waals surface area contributed by atoms with Crippen LogP contribution in [0.4, 0.5) is 5.13 Å². The van der Waals surface area contributed by atoms with Crippen molar-refractivity contribution in [2.75, 3.05) is 19.5 Å². The molecular weight excluding hydrogens is 502 g/mol. The van der Waals surface area contributed by atoms with E-state index in [0.29, 0.717) is 29.3 Å². The second-order valence-corrected chi connectivity index (χ2v) is 10.5. The van der Waals surface area contributed by atoms with E-state index in [9.17, 15) is 9.59 Å². The summed E-state index contributed by atoms with van der Waals surface area (Å²) in [4.78, 5) is 30.7. The molecule has 1 atom stereocenters. The van der Waals surface area contributed by atoms with E-state index in [0.717, 1.165) is 34.4 Å². The van der Waals surface area contributed by atoms with Gasteiger partial charge < -0.3 is 24.8 Å². The number of hydrogen-bond donors (Lipinski definition) is 2. The van der Waals surface area contributed by atoms with Crippen LogP contribution in [0.1, 0.15) is 50.2 Å². The molecule has 0 saturated heterocycles. The van der Waals surface area contributed by atoms with E-state index in [4.69, 9.17) is 14.2 Å². The molecule has 0 radical (unpaired) electrons. The van der Waals surface area contributed by atoms with Gasteiger partial charge in [0.2, 0.25) is 11.8 Å². The quantitative estimate of drug-likeness (QED) is 0.342. The lowest BCUT2D eigenvalue weighted by Crippen LogP contribution is -2.42. The van der Waals surface area contributed by atoms with Gasteiger partial charge in [0.05, 0.1) is 38.2 Å². The predicted octanol–water partition coefficient (Wildman–Crippen LogP) is 5.36. The van der Waals surface area contributed by atoms with Crippen molar-refractivity contribution in [3.05, 3.63) is 59.8 Å². The number of thiazole rings is 1. The van der Waals surface area contributed by atoms with Crippen LogP contribution in [0.15, 0.2) is 48.7 Å². The van der Waals surface area contributed by atoms with Gasteiger partial charge in [0, 0.05) is 12.3 Å². The zero-order valence-electron chi connectivity index (χ0n) is 22.1. The Bertz CT molecular complexity index is 1220. The fourth-order valence-electron chi connectivity index (χ4n) is 4.51. The van der Waals surface area contributed by atoms with Gasteiger partial charge in [0.15, 0.2) is 5.13 Å². The molecule has 202 valence electrons. The van der Waals surface area contributed by atoms with E-state index in [1.54, 1.807) is 45.5 Å². The van der Waals surface area contributed by atoms with Gasteiger partial charge in [-0.3, -0.25) is 9.59 Å². The summed E-state index contributed by atoms with van der Waals surface area (Å²) in [6.45, 7) is 2.20. The van der Waals surface area contributed by atoms with E-state index >= 15 is 0 Å². The molecule has 2 N–H and O–H groups in total. The third-order valence-electron chi connectivity index (χ3n) is 6.59. The molecule has 1 heterocycles. The number of benzene rings is 2. The summed E-state index contributed by atoms with van der Waals surface area (Å²) >= 11 is 1.40. The Morgan fingerprint density at radius 2 is 1.76 bits per heavy atom. The molecule has 3 aromatic rings. The highest BCUT2D eigenvalue weighted by atomic mass is 32.1. The van der Waals surface area contributed by atoms with Crippen LogP contribution in [-0.2, 0) is 27.4 Å². The Morgan fingerprint density at radius 1 is 1.05 bits per heavy atom. The van der Waals surface area contributed by atoms with Crippen molar-refractivity contribution in [1.29, 1.82) is 0 Å². The smallest absolute Gasteiger partial charge is 0.248 e. The summed E-state index contributed by atoms with van der Waals surface area (Å²) in [7, 11) is 3.11. The second kappa shape index (κ2) is 13.4. The minimum absolute atomic E-state index is 0.0896. The van der Waals surface area contributed by atoms with Crippen LogP contribution in [0, 0.1) is 0 Å². The van der Waals surface area contributed by atoms with E-state index in [-0.39, 0.29) is 18.2 Å². The molecular formula is C29H35N3O5S. The largest absolute Gasteiger partial charge is 0.497 e. The van der Waals surface area contributed by atoms with Crippen LogP contribution in [0.3, 0.4) is 0 Å². The van der Waals surface area contributed by atoms with Gasteiger partial charge >= 0.3 is 0 Å². The number of rotatable bonds is 11. The molecule has 9 heteroatoms. The van der Waals surface area contributed by atoms with Gasteiger partial charge in [-0.05, 0) is 48.6 Å². The van der Waals surface area contributed by atoms with Gasteiger partial charge in [-0.2, -0.15) is 0 Å². The summed E-state index contributed by atoms with van der Waals surface area (Å²) in [5.41, 5.74) is 2.88. The number of amides is 2. The average Bonchev–Trinajstić information content (AvgIpc) is 3.40. The molecule has 2 amide bonds. The monoisotopic (exact) mass is 537 g/mol. The molecule has 1 fully saturated rings. The first-order valence-corrected chi connectivity index (χ1v) is 13.7. The van der Waals surface area contributed by atoms with Gasteiger partial charge in [0.25, 0.3) is 0 Å². The molecule has 8 nitrogen and oxygen atoms in total. The van der Waals surface area contributed by atoms with Crippen LogP contribution in [0.25, 0.3) is 10.4 Å². The van der Waals surface area contributed by atoms with Gasteiger partial charge in [-0.25, -0.2) is 4.98 Å². The molecule has 1 aliphatic rings. The fraction of sp³-hybridized carbons (Fsp3) is 0.414. The number of ether oxygens (including phenoxy) is 3. The van der Waals surface area contributed by atoms with Crippen molar-refractivity contribution < 1.29 is 23.8 Å². The molecule has 1 saturated carbocycles. The van der Waals surface area contributed by atoms with E-state index in [1.165, 1.54) is 30.6 Å². The van der Waals surface area contributed by atoms with Crippen LogP contribution in [0.2, 0.25) is 0 Å². The number of hydrogen-bond acceptors (Lipinski definition) is 7. The van der Waals surface area contributed by atoms with Crippen molar-refractivity contribution in [2.24, 2.45) is 0 Å². The zero-order chi connectivity index (χ0) is 26.9. The highest BCUT2D eigenvalue weighted by Crippen LogP contribution is 2.32. The maximum absolute atomic E-state index is 12.8. The van der Waals surface area contributed by atoms with E-state index in [1.807, 2.05) is 12.1 Å². The first kappa shape index (κ1) is 27.6. The molecule has 1 aliphatic carbocycles. The molecule has 0 unspecified atom stereocenters. The van der Waals surface area contributed by atoms with Gasteiger partial charge in [-0.15, -0.1) is 0 Å². The van der Waals surface area contributed by atoms with Crippen molar-refractivity contribution in [3.8, 4) is 21.9 Å². The van der Waals surface area contributed by atoms with Gasteiger partial charge in [0.1, 0.15) is 17.5 Å². The summed E-state index contributed by atoms with van der Waals surface area (Å²) < 4.78 is 16.7. The van der Waals surface area contributed by atoms with Crippen LogP contribution in [-0.4, -0.2) is 43.2 Å². The number of methoxy groups -OCH3 is 2. The number of aromatic nitrogens is 1. The second-order valence-electron chi connectivity index (χ2n) is 9.43. The lowest BCUT2D eigenvalue weighted by molar-refractivity contribution is -0.125. The number of nitrogens with zero attached hydrogens (tertiary/aromatic N) is 1. The Hall–Kier alpha value is -3.43. The molecule has 2 aromatic carbocycles. The maximum Gasteiger partial charge on any atom is 0.248 e. The summed E-state index contributed by atoms with van der Waals surface area (Å²) in [5.74, 6) is 0.574. The Balaban J connectivity index is 1.33. The molecule has 0 bridgehead atoms. The van der Waals surface area contributed by atoms with E-state index < -0.39 is 6.04 Å². The number of carbonyl (C=O) groups excluding carboxylic acids is 2. The first-order valence-electron chi connectivity index (χ1n) is 12.9. The molecule has 4 rings (SSSR count). The third kappa shape index (κ3) is 7.55. The number of carbonyl (C=O) groups is 2. The topological polar surface area (TPSA) is 98.8 Å². The minimum Gasteiger partial charge on any atom is -0.497 e. The predicted molar refractivity (Wildman–Crippen MR) is 149 cm³/mol. The summed E-state index contributed by atoms with van der Waals surface area (Å²) in [6, 6.07) is 12.7. The molecule has 0 spiro atoms. The molecule has 0 aliphatic heterocycles. The molecule has 1 aromatic heterocycles. The van der Waals surface area contributed by atoms with Crippen LogP contribution in [0.5, 0.6) is 11.5 Å². The summed E-state index contributed by atoms with van der Waals surface area (Å²) in [5, 5.41) is 6.05. The standard InChI is InChI=1S/C29H35N3O5S/c1-19(31-27(33)15-20-13-23(35-2)16-24(14-20)36-3)28(34)32-29-30-17-26(38-29)25-12-8-7-9-21(25)18-37-22-10-5-4-6-11-22/h7-9,12-14,16-17,19,22H,4-6,10-11,15,18H2,1-3H3,(H,31,33)(H,30,32,34)/t19-/m0/s1.